The number of nitrogens with one attached hydrogen (secondary N) is 1. The highest BCUT2D eigenvalue weighted by molar-refractivity contribution is 8.00. The summed E-state index contributed by atoms with van der Waals surface area (Å²) in [5.41, 5.74) is 0. The topological polar surface area (TPSA) is 99.7 Å². The Bertz CT molecular complexity index is 874. The first-order valence-corrected chi connectivity index (χ1v) is 13.0. The lowest BCUT2D eigenvalue weighted by molar-refractivity contribution is -0.148. The van der Waals surface area contributed by atoms with Crippen LogP contribution < -0.4 is 5.32 Å². The maximum Gasteiger partial charge on any atom is 0.289 e. The predicted molar refractivity (Wildman–Crippen MR) is 124 cm³/mol. The fraction of sp³-hybridized carbons (Fsp3) is 0.625. The minimum absolute atomic E-state index is 0.0570. The van der Waals surface area contributed by atoms with Gasteiger partial charge in [0.1, 0.15) is 12.1 Å². The van der Waals surface area contributed by atoms with Crippen molar-refractivity contribution in [2.24, 2.45) is 0 Å². The molecule has 1 aliphatic carbocycles. The van der Waals surface area contributed by atoms with E-state index in [4.69, 9.17) is 0 Å². The summed E-state index contributed by atoms with van der Waals surface area (Å²) in [5, 5.41) is 2.89. The Morgan fingerprint density at radius 1 is 0.879 bits per heavy atom. The van der Waals surface area contributed by atoms with Gasteiger partial charge in [-0.1, -0.05) is 19.3 Å². The first kappa shape index (κ1) is 23.7. The molecule has 0 spiro atoms. The fourth-order valence-corrected chi connectivity index (χ4v) is 5.90. The monoisotopic (exact) mass is 472 g/mol. The summed E-state index contributed by atoms with van der Waals surface area (Å²) >= 11 is 1.42. The van der Waals surface area contributed by atoms with Gasteiger partial charge in [-0.15, -0.1) is 11.8 Å². The quantitative estimate of drug-likeness (QED) is 0.482. The van der Waals surface area contributed by atoms with Gasteiger partial charge in [0, 0.05) is 36.4 Å². The van der Waals surface area contributed by atoms with Crippen molar-refractivity contribution in [3.63, 3.8) is 0 Å². The second-order valence-corrected chi connectivity index (χ2v) is 10.1. The van der Waals surface area contributed by atoms with E-state index in [0.717, 1.165) is 37.0 Å². The van der Waals surface area contributed by atoms with Gasteiger partial charge in [0.2, 0.25) is 17.6 Å². The number of thioether (sulfide) groups is 1. The van der Waals surface area contributed by atoms with E-state index in [1.807, 2.05) is 12.1 Å². The Hall–Kier alpha value is -2.42. The Morgan fingerprint density at radius 3 is 2.27 bits per heavy atom. The SMILES string of the molecule is O=C(NC1CCCCC1)C(=O)C1CCCN1C(=O)[C@H]1CCCN1C(=O)CSc1ccncc1. The number of hydrogen-bond donors (Lipinski definition) is 1. The lowest BCUT2D eigenvalue weighted by Crippen LogP contribution is -2.54. The Balaban J connectivity index is 1.35. The van der Waals surface area contributed by atoms with Gasteiger partial charge in [0.25, 0.3) is 5.91 Å². The number of nitrogens with zero attached hydrogens (tertiary/aromatic N) is 3. The molecule has 3 fully saturated rings. The second-order valence-electron chi connectivity index (χ2n) is 9.08. The molecule has 8 nitrogen and oxygen atoms in total. The fourth-order valence-electron chi connectivity index (χ4n) is 5.13. The molecule has 178 valence electrons. The summed E-state index contributed by atoms with van der Waals surface area (Å²) in [6.45, 7) is 0.997. The van der Waals surface area contributed by atoms with Crippen LogP contribution in [0.15, 0.2) is 29.4 Å². The van der Waals surface area contributed by atoms with Crippen molar-refractivity contribution in [1.82, 2.24) is 20.1 Å². The molecule has 0 radical (unpaired) electrons. The molecule has 0 bridgehead atoms. The lowest BCUT2D eigenvalue weighted by Gasteiger charge is -2.31. The molecule has 4 rings (SSSR count). The van der Waals surface area contributed by atoms with Gasteiger partial charge in [-0.05, 0) is 50.7 Å². The standard InChI is InChI=1S/C24H32N4O4S/c29-21(16-33-18-10-12-25-13-11-18)27-14-5-9-20(27)24(32)28-15-4-8-19(28)22(30)23(31)26-17-6-2-1-3-7-17/h10-13,17,19-20H,1-9,14-16H2,(H,26,31)/t19?,20-/m1/s1. The number of amides is 3. The molecule has 3 aliphatic rings. The van der Waals surface area contributed by atoms with E-state index < -0.39 is 23.8 Å². The summed E-state index contributed by atoms with van der Waals surface area (Å²) < 4.78 is 0. The number of ketones is 1. The Labute approximate surface area is 198 Å². The highest BCUT2D eigenvalue weighted by Gasteiger charge is 2.43. The van der Waals surface area contributed by atoms with E-state index in [9.17, 15) is 19.2 Å². The molecule has 3 amide bonds. The number of aromatic nitrogens is 1. The average Bonchev–Trinajstić information content (AvgIpc) is 3.53. The highest BCUT2D eigenvalue weighted by Crippen LogP contribution is 2.27. The van der Waals surface area contributed by atoms with E-state index in [1.54, 1.807) is 22.2 Å². The third-order valence-electron chi connectivity index (χ3n) is 6.87. The van der Waals surface area contributed by atoms with Crippen LogP contribution in [-0.2, 0) is 19.2 Å². The normalized spacial score (nSPS) is 23.5. The molecule has 1 aromatic rings. The molecule has 33 heavy (non-hydrogen) atoms. The van der Waals surface area contributed by atoms with E-state index >= 15 is 0 Å². The Kier molecular flexibility index (Phi) is 8.01. The first-order chi connectivity index (χ1) is 16.0. The molecule has 2 atom stereocenters. The van der Waals surface area contributed by atoms with Crippen LogP contribution in [0.1, 0.15) is 57.8 Å². The minimum atomic E-state index is -0.718. The zero-order valence-corrected chi connectivity index (χ0v) is 19.7. The van der Waals surface area contributed by atoms with Crippen molar-refractivity contribution in [3.8, 4) is 0 Å². The van der Waals surface area contributed by atoms with Gasteiger partial charge in [-0.2, -0.15) is 0 Å². The minimum Gasteiger partial charge on any atom is -0.347 e. The predicted octanol–water partition coefficient (Wildman–Crippen LogP) is 2.17. The zero-order valence-electron chi connectivity index (χ0n) is 18.9. The summed E-state index contributed by atoms with van der Waals surface area (Å²) in [5.74, 6) is -1.11. The van der Waals surface area contributed by atoms with Gasteiger partial charge >= 0.3 is 0 Å². The van der Waals surface area contributed by atoms with Crippen molar-refractivity contribution >= 4 is 35.3 Å². The van der Waals surface area contributed by atoms with Crippen molar-refractivity contribution in [3.05, 3.63) is 24.5 Å². The van der Waals surface area contributed by atoms with Crippen LogP contribution in [0.5, 0.6) is 0 Å². The van der Waals surface area contributed by atoms with Crippen LogP contribution in [-0.4, -0.2) is 75.3 Å². The molecule has 2 saturated heterocycles. The summed E-state index contributed by atoms with van der Waals surface area (Å²) in [6.07, 6.45) is 11.0. The van der Waals surface area contributed by atoms with Crippen molar-refractivity contribution in [2.45, 2.75) is 80.8 Å². The van der Waals surface area contributed by atoms with Gasteiger partial charge < -0.3 is 15.1 Å². The number of carbonyl (C=O) groups is 4. The maximum absolute atomic E-state index is 13.4. The first-order valence-electron chi connectivity index (χ1n) is 12.0. The smallest absolute Gasteiger partial charge is 0.289 e. The van der Waals surface area contributed by atoms with Gasteiger partial charge in [-0.25, -0.2) is 0 Å². The summed E-state index contributed by atoms with van der Waals surface area (Å²) in [7, 11) is 0. The number of rotatable bonds is 7. The van der Waals surface area contributed by atoms with Crippen molar-refractivity contribution < 1.29 is 19.2 Å². The van der Waals surface area contributed by atoms with E-state index in [1.165, 1.54) is 18.2 Å². The van der Waals surface area contributed by atoms with Crippen LogP contribution in [0.3, 0.4) is 0 Å². The number of carbonyl (C=O) groups excluding carboxylic acids is 4. The zero-order chi connectivity index (χ0) is 23.2. The van der Waals surface area contributed by atoms with E-state index in [2.05, 4.69) is 10.3 Å². The molecule has 1 aromatic heterocycles. The van der Waals surface area contributed by atoms with Gasteiger partial charge in [-0.3, -0.25) is 24.2 Å². The maximum atomic E-state index is 13.4. The van der Waals surface area contributed by atoms with Crippen LogP contribution in [0.4, 0.5) is 0 Å². The molecular formula is C24H32N4O4S. The van der Waals surface area contributed by atoms with E-state index in [0.29, 0.717) is 32.4 Å². The molecule has 3 heterocycles. The second kappa shape index (κ2) is 11.1. The van der Waals surface area contributed by atoms with Crippen LogP contribution >= 0.6 is 11.8 Å². The van der Waals surface area contributed by atoms with Gasteiger partial charge in [0.05, 0.1) is 5.75 Å². The van der Waals surface area contributed by atoms with Crippen LogP contribution in [0.2, 0.25) is 0 Å². The number of hydrogen-bond acceptors (Lipinski definition) is 6. The molecule has 9 heteroatoms. The summed E-state index contributed by atoms with van der Waals surface area (Å²) in [6, 6.07) is 2.49. The third kappa shape index (κ3) is 5.75. The average molecular weight is 473 g/mol. The number of likely N-dealkylation sites (tertiary alicyclic amines) is 2. The lowest BCUT2D eigenvalue weighted by atomic mass is 9.95. The molecule has 1 unspecified atom stereocenters. The van der Waals surface area contributed by atoms with Crippen molar-refractivity contribution in [1.29, 1.82) is 0 Å². The van der Waals surface area contributed by atoms with Crippen LogP contribution in [0, 0.1) is 0 Å². The number of pyridine rings is 1. The Morgan fingerprint density at radius 2 is 1.55 bits per heavy atom. The highest BCUT2D eigenvalue weighted by atomic mass is 32.2. The van der Waals surface area contributed by atoms with E-state index in [-0.39, 0.29) is 23.6 Å². The summed E-state index contributed by atoms with van der Waals surface area (Å²) in [4.78, 5) is 60.0. The molecular weight excluding hydrogens is 440 g/mol. The molecule has 1 N–H and O–H groups in total. The van der Waals surface area contributed by atoms with Crippen molar-refractivity contribution in [2.75, 3.05) is 18.8 Å². The molecule has 0 aromatic carbocycles. The molecule has 2 aliphatic heterocycles. The largest absolute Gasteiger partial charge is 0.347 e. The third-order valence-corrected chi connectivity index (χ3v) is 7.87. The van der Waals surface area contributed by atoms with Crippen LogP contribution in [0.25, 0.3) is 0 Å². The van der Waals surface area contributed by atoms with Gasteiger partial charge in [0.15, 0.2) is 0 Å². The molecule has 1 saturated carbocycles. The number of Topliss-reactive ketones (excluding diaryl/α,β-unsaturated/α-hetero) is 1.